The van der Waals surface area contributed by atoms with Crippen LogP contribution in [0.4, 0.5) is 0 Å². The van der Waals surface area contributed by atoms with Gasteiger partial charge < -0.3 is 5.11 Å². The Kier molecular flexibility index (Phi) is 4.68. The van der Waals surface area contributed by atoms with E-state index in [0.29, 0.717) is 12.1 Å². The van der Waals surface area contributed by atoms with Crippen molar-refractivity contribution in [3.8, 4) is 0 Å². The van der Waals surface area contributed by atoms with Gasteiger partial charge in [0.1, 0.15) is 0 Å². The number of piperidine rings is 1. The van der Waals surface area contributed by atoms with Gasteiger partial charge in [0.15, 0.2) is 0 Å². The topological polar surface area (TPSA) is 74.7 Å². The number of aryl methyl sites for hydroxylation is 1. The highest BCUT2D eigenvalue weighted by molar-refractivity contribution is 7.89. The molecule has 0 bridgehead atoms. The lowest BCUT2D eigenvalue weighted by Crippen LogP contribution is -2.43. The van der Waals surface area contributed by atoms with E-state index in [4.69, 9.17) is 5.11 Å². The second-order valence-corrected chi connectivity index (χ2v) is 7.32. The molecule has 1 aliphatic rings. The molecule has 0 radical (unpaired) electrons. The van der Waals surface area contributed by atoms with Crippen molar-refractivity contribution >= 4 is 16.0 Å². The predicted octanol–water partition coefficient (Wildman–Crippen LogP) is 2.65. The predicted molar refractivity (Wildman–Crippen MR) is 80.0 cm³/mol. The molecular formula is C15H21NO4S. The van der Waals surface area contributed by atoms with Crippen LogP contribution in [0.1, 0.15) is 48.5 Å². The van der Waals surface area contributed by atoms with Crippen LogP contribution in [0.15, 0.2) is 23.1 Å². The molecule has 1 atom stereocenters. The van der Waals surface area contributed by atoms with E-state index < -0.39 is 16.0 Å². The van der Waals surface area contributed by atoms with Crippen molar-refractivity contribution in [2.24, 2.45) is 0 Å². The molecule has 5 nitrogen and oxygen atoms in total. The second-order valence-electron chi connectivity index (χ2n) is 5.46. The molecule has 21 heavy (non-hydrogen) atoms. The highest BCUT2D eigenvalue weighted by Gasteiger charge is 2.33. The van der Waals surface area contributed by atoms with Crippen LogP contribution in [0.3, 0.4) is 0 Å². The van der Waals surface area contributed by atoms with Crippen molar-refractivity contribution in [1.82, 2.24) is 4.31 Å². The van der Waals surface area contributed by atoms with Crippen molar-refractivity contribution in [3.63, 3.8) is 0 Å². The van der Waals surface area contributed by atoms with Crippen molar-refractivity contribution < 1.29 is 18.3 Å². The zero-order valence-electron chi connectivity index (χ0n) is 12.4. The molecule has 0 aliphatic carbocycles. The van der Waals surface area contributed by atoms with Gasteiger partial charge in [0.2, 0.25) is 10.0 Å². The summed E-state index contributed by atoms with van der Waals surface area (Å²) in [6, 6.07) is 4.27. The normalized spacial score (nSPS) is 20.4. The van der Waals surface area contributed by atoms with Gasteiger partial charge >= 0.3 is 5.97 Å². The minimum Gasteiger partial charge on any atom is -0.478 e. The Balaban J connectivity index is 2.47. The van der Waals surface area contributed by atoms with Gasteiger partial charge in [-0.05, 0) is 43.9 Å². The maximum Gasteiger partial charge on any atom is 0.335 e. The highest BCUT2D eigenvalue weighted by Crippen LogP contribution is 2.29. The lowest BCUT2D eigenvalue weighted by molar-refractivity contribution is 0.0696. The smallest absolute Gasteiger partial charge is 0.335 e. The van der Waals surface area contributed by atoms with E-state index in [9.17, 15) is 13.2 Å². The van der Waals surface area contributed by atoms with E-state index in [0.717, 1.165) is 25.7 Å². The minimum absolute atomic E-state index is 0.00392. The molecule has 2 rings (SSSR count). The van der Waals surface area contributed by atoms with Gasteiger partial charge in [-0.1, -0.05) is 19.4 Å². The van der Waals surface area contributed by atoms with Gasteiger partial charge in [0.25, 0.3) is 0 Å². The number of hydrogen-bond donors (Lipinski definition) is 1. The number of carboxylic acid groups (broad SMARTS) is 1. The van der Waals surface area contributed by atoms with E-state index in [2.05, 4.69) is 0 Å². The highest BCUT2D eigenvalue weighted by atomic mass is 32.2. The molecule has 1 aliphatic heterocycles. The third-order valence-corrected chi connectivity index (χ3v) is 6.16. The molecular weight excluding hydrogens is 290 g/mol. The van der Waals surface area contributed by atoms with Gasteiger partial charge in [-0.15, -0.1) is 0 Å². The molecule has 0 aromatic heterocycles. The lowest BCUT2D eigenvalue weighted by atomic mass is 10.0. The Morgan fingerprint density at radius 3 is 2.71 bits per heavy atom. The molecule has 1 heterocycles. The number of hydrogen-bond acceptors (Lipinski definition) is 3. The van der Waals surface area contributed by atoms with Crippen LogP contribution >= 0.6 is 0 Å². The van der Waals surface area contributed by atoms with Gasteiger partial charge in [-0.3, -0.25) is 0 Å². The Morgan fingerprint density at radius 1 is 1.38 bits per heavy atom. The quantitative estimate of drug-likeness (QED) is 0.927. The standard InChI is InChI=1S/C15H21NO4S/c1-3-13-6-4-5-9-16(13)21(19,20)14-10-12(15(17)18)8-7-11(14)2/h7-8,10,13H,3-6,9H2,1-2H3,(H,17,18). The first kappa shape index (κ1) is 16.0. The van der Waals surface area contributed by atoms with E-state index in [-0.39, 0.29) is 16.5 Å². The molecule has 1 N–H and O–H groups in total. The fraction of sp³-hybridized carbons (Fsp3) is 0.533. The van der Waals surface area contributed by atoms with Crippen molar-refractivity contribution in [2.75, 3.05) is 6.54 Å². The maximum atomic E-state index is 12.9. The first-order valence-electron chi connectivity index (χ1n) is 7.23. The van der Waals surface area contributed by atoms with Gasteiger partial charge in [0.05, 0.1) is 10.5 Å². The zero-order valence-corrected chi connectivity index (χ0v) is 13.2. The number of rotatable bonds is 4. The first-order chi connectivity index (χ1) is 9.87. The van der Waals surface area contributed by atoms with Crippen LogP contribution in [-0.2, 0) is 10.0 Å². The number of aromatic carboxylic acids is 1. The molecule has 0 spiro atoms. The van der Waals surface area contributed by atoms with Crippen molar-refractivity contribution in [2.45, 2.75) is 50.5 Å². The Labute approximate surface area is 125 Å². The summed E-state index contributed by atoms with van der Waals surface area (Å²) in [4.78, 5) is 11.2. The second kappa shape index (κ2) is 6.15. The lowest BCUT2D eigenvalue weighted by Gasteiger charge is -2.34. The number of carbonyl (C=O) groups is 1. The fourth-order valence-corrected chi connectivity index (χ4v) is 4.86. The van der Waals surface area contributed by atoms with Crippen LogP contribution < -0.4 is 0 Å². The molecule has 116 valence electrons. The van der Waals surface area contributed by atoms with Crippen LogP contribution in [0.2, 0.25) is 0 Å². The largest absolute Gasteiger partial charge is 0.478 e. The zero-order chi connectivity index (χ0) is 15.6. The van der Waals surface area contributed by atoms with E-state index in [1.54, 1.807) is 17.3 Å². The summed E-state index contributed by atoms with van der Waals surface area (Å²) >= 11 is 0. The summed E-state index contributed by atoms with van der Waals surface area (Å²) in [6.45, 7) is 4.19. The number of benzene rings is 1. The van der Waals surface area contributed by atoms with Crippen molar-refractivity contribution in [3.05, 3.63) is 29.3 Å². The summed E-state index contributed by atoms with van der Waals surface area (Å²) in [5.74, 6) is -1.11. The Hall–Kier alpha value is -1.40. The Bertz CT molecular complexity index is 639. The average molecular weight is 311 g/mol. The van der Waals surface area contributed by atoms with Gasteiger partial charge in [0, 0.05) is 12.6 Å². The van der Waals surface area contributed by atoms with Crippen LogP contribution in [0.25, 0.3) is 0 Å². The van der Waals surface area contributed by atoms with Crippen LogP contribution in [0, 0.1) is 6.92 Å². The first-order valence-corrected chi connectivity index (χ1v) is 8.67. The Morgan fingerprint density at radius 2 is 2.10 bits per heavy atom. The fourth-order valence-electron chi connectivity index (χ4n) is 2.84. The molecule has 6 heteroatoms. The summed E-state index contributed by atoms with van der Waals surface area (Å²) in [6.07, 6.45) is 3.54. The summed E-state index contributed by atoms with van der Waals surface area (Å²) in [5, 5.41) is 9.07. The molecule has 1 saturated heterocycles. The number of nitrogens with zero attached hydrogens (tertiary/aromatic N) is 1. The van der Waals surface area contributed by atoms with Gasteiger partial charge in [-0.2, -0.15) is 4.31 Å². The molecule has 0 saturated carbocycles. The molecule has 0 amide bonds. The number of sulfonamides is 1. The monoisotopic (exact) mass is 311 g/mol. The summed E-state index contributed by atoms with van der Waals surface area (Å²) in [7, 11) is -3.64. The summed E-state index contributed by atoms with van der Waals surface area (Å²) in [5.41, 5.74) is 0.588. The third-order valence-electron chi connectivity index (χ3n) is 4.07. The van der Waals surface area contributed by atoms with Crippen LogP contribution in [-0.4, -0.2) is 36.4 Å². The molecule has 1 aromatic carbocycles. The minimum atomic E-state index is -3.64. The van der Waals surface area contributed by atoms with Crippen LogP contribution in [0.5, 0.6) is 0 Å². The number of carboxylic acids is 1. The summed E-state index contributed by atoms with van der Waals surface area (Å²) < 4.78 is 27.3. The van der Waals surface area contributed by atoms with Crippen molar-refractivity contribution in [1.29, 1.82) is 0 Å². The molecule has 1 aromatic rings. The average Bonchev–Trinajstić information content (AvgIpc) is 2.47. The third kappa shape index (κ3) is 3.11. The van der Waals surface area contributed by atoms with E-state index in [1.165, 1.54) is 12.1 Å². The molecule has 1 fully saturated rings. The maximum absolute atomic E-state index is 12.9. The molecule has 1 unspecified atom stereocenters. The SMILES string of the molecule is CCC1CCCCN1S(=O)(=O)c1cc(C(=O)O)ccc1C. The van der Waals surface area contributed by atoms with E-state index >= 15 is 0 Å². The van der Waals surface area contributed by atoms with E-state index in [1.807, 2.05) is 6.92 Å². The van der Waals surface area contributed by atoms with Gasteiger partial charge in [-0.25, -0.2) is 13.2 Å².